The van der Waals surface area contributed by atoms with Crippen LogP contribution in [0.1, 0.15) is 18.4 Å². The van der Waals surface area contributed by atoms with Crippen LogP contribution in [-0.4, -0.2) is 39.2 Å². The number of carboxylic acid groups (broad SMARTS) is 2. The smallest absolute Gasteiger partial charge is 0.326 e. The van der Waals surface area contributed by atoms with Crippen LogP contribution in [0, 0.1) is 0 Å². The van der Waals surface area contributed by atoms with E-state index in [-0.39, 0.29) is 19.4 Å². The molecule has 8 nitrogen and oxygen atoms in total. The molecule has 4 N–H and O–H groups in total. The molecule has 0 spiro atoms. The lowest BCUT2D eigenvalue weighted by atomic mass is 10.1. The van der Waals surface area contributed by atoms with E-state index in [9.17, 15) is 14.4 Å². The lowest BCUT2D eigenvalue weighted by Gasteiger charge is -2.14. The number of carbonyl (C=O) groups is 3. The van der Waals surface area contributed by atoms with Crippen molar-refractivity contribution in [1.82, 2.24) is 15.6 Å². The first-order chi connectivity index (χ1) is 9.49. The van der Waals surface area contributed by atoms with E-state index in [4.69, 9.17) is 10.2 Å². The minimum absolute atomic E-state index is 0.173. The van der Waals surface area contributed by atoms with Gasteiger partial charge >= 0.3 is 18.0 Å². The molecule has 1 heterocycles. The van der Waals surface area contributed by atoms with Gasteiger partial charge in [-0.25, -0.2) is 9.59 Å². The number of hydrogen-bond acceptors (Lipinski definition) is 4. The zero-order chi connectivity index (χ0) is 15.0. The Balaban J connectivity index is 2.41. The molecule has 0 unspecified atom stereocenters. The van der Waals surface area contributed by atoms with E-state index in [1.807, 2.05) is 0 Å². The van der Waals surface area contributed by atoms with Crippen molar-refractivity contribution >= 4 is 18.0 Å². The molecule has 20 heavy (non-hydrogen) atoms. The minimum Gasteiger partial charge on any atom is -0.481 e. The Labute approximate surface area is 114 Å². The Bertz CT molecular complexity index is 477. The third kappa shape index (κ3) is 5.80. The van der Waals surface area contributed by atoms with Crippen LogP contribution in [0.15, 0.2) is 24.5 Å². The number of nitrogens with one attached hydrogen (secondary N) is 2. The molecule has 2 amide bonds. The number of urea groups is 1. The maximum Gasteiger partial charge on any atom is 0.326 e. The lowest BCUT2D eigenvalue weighted by Crippen LogP contribution is -2.46. The molecule has 0 fully saturated rings. The molecule has 108 valence electrons. The highest BCUT2D eigenvalue weighted by molar-refractivity contribution is 5.82. The van der Waals surface area contributed by atoms with Gasteiger partial charge in [0.2, 0.25) is 0 Å². The van der Waals surface area contributed by atoms with Crippen molar-refractivity contribution in [3.8, 4) is 0 Å². The molecule has 0 aliphatic carbocycles. The van der Waals surface area contributed by atoms with E-state index in [2.05, 4.69) is 15.6 Å². The van der Waals surface area contributed by atoms with Gasteiger partial charge in [-0.15, -0.1) is 0 Å². The van der Waals surface area contributed by atoms with Gasteiger partial charge in [0, 0.05) is 25.4 Å². The Kier molecular flexibility index (Phi) is 5.95. The number of rotatable bonds is 7. The number of nitrogens with zero attached hydrogens (tertiary/aromatic N) is 1. The number of hydrogen-bond donors (Lipinski definition) is 4. The Morgan fingerprint density at radius 1 is 1.20 bits per heavy atom. The predicted molar refractivity (Wildman–Crippen MR) is 67.9 cm³/mol. The highest BCUT2D eigenvalue weighted by atomic mass is 16.4. The van der Waals surface area contributed by atoms with E-state index in [1.165, 1.54) is 0 Å². The van der Waals surface area contributed by atoms with Gasteiger partial charge in [0.15, 0.2) is 0 Å². The summed E-state index contributed by atoms with van der Waals surface area (Å²) in [6.45, 7) is 0.222. The Hall–Kier alpha value is -2.64. The molecule has 0 saturated carbocycles. The van der Waals surface area contributed by atoms with E-state index in [1.54, 1.807) is 24.5 Å². The Morgan fingerprint density at radius 2 is 1.85 bits per heavy atom. The van der Waals surface area contributed by atoms with Crippen molar-refractivity contribution < 1.29 is 24.6 Å². The third-order valence-electron chi connectivity index (χ3n) is 2.45. The van der Waals surface area contributed by atoms with E-state index in [0.717, 1.165) is 5.56 Å². The standard InChI is InChI=1S/C12H15N3O5/c16-10(17)2-1-9(11(18)19)15-12(20)14-7-8-3-5-13-6-4-8/h3-6,9H,1-2,7H2,(H,16,17)(H,18,19)(H2,14,15,20)/t9-/m0/s1. The molecule has 1 atom stereocenters. The number of carbonyl (C=O) groups excluding carboxylic acids is 1. The average Bonchev–Trinajstić information content (AvgIpc) is 2.41. The van der Waals surface area contributed by atoms with Crippen LogP contribution in [0.25, 0.3) is 0 Å². The molecular weight excluding hydrogens is 266 g/mol. The summed E-state index contributed by atoms with van der Waals surface area (Å²) >= 11 is 0. The molecule has 0 radical (unpaired) electrons. The molecular formula is C12H15N3O5. The molecule has 1 rings (SSSR count). The normalized spacial score (nSPS) is 11.4. The fraction of sp³-hybridized carbons (Fsp3) is 0.333. The maximum atomic E-state index is 11.5. The fourth-order valence-electron chi connectivity index (χ4n) is 1.42. The topological polar surface area (TPSA) is 129 Å². The number of aliphatic carboxylic acids is 2. The van der Waals surface area contributed by atoms with Crippen molar-refractivity contribution in [2.45, 2.75) is 25.4 Å². The van der Waals surface area contributed by atoms with Crippen LogP contribution in [0.4, 0.5) is 4.79 Å². The van der Waals surface area contributed by atoms with Gasteiger partial charge in [-0.05, 0) is 24.1 Å². The summed E-state index contributed by atoms with van der Waals surface area (Å²) in [5, 5.41) is 22.1. The first-order valence-electron chi connectivity index (χ1n) is 5.87. The van der Waals surface area contributed by atoms with E-state index in [0.29, 0.717) is 0 Å². The summed E-state index contributed by atoms with van der Waals surface area (Å²) in [6.07, 6.45) is 2.64. The zero-order valence-electron chi connectivity index (χ0n) is 10.6. The van der Waals surface area contributed by atoms with Gasteiger partial charge in [0.1, 0.15) is 6.04 Å². The van der Waals surface area contributed by atoms with Crippen molar-refractivity contribution in [1.29, 1.82) is 0 Å². The quantitative estimate of drug-likeness (QED) is 0.565. The van der Waals surface area contributed by atoms with Gasteiger partial charge in [0.25, 0.3) is 0 Å². The molecule has 0 aliphatic rings. The first kappa shape index (κ1) is 15.4. The summed E-state index contributed by atoms with van der Waals surface area (Å²) in [5.41, 5.74) is 0.813. The summed E-state index contributed by atoms with van der Waals surface area (Å²) in [5.74, 6) is -2.39. The van der Waals surface area contributed by atoms with Crippen LogP contribution in [0.5, 0.6) is 0 Å². The largest absolute Gasteiger partial charge is 0.481 e. The molecule has 1 aromatic heterocycles. The maximum absolute atomic E-state index is 11.5. The van der Waals surface area contributed by atoms with Crippen LogP contribution < -0.4 is 10.6 Å². The summed E-state index contributed by atoms with van der Waals surface area (Å²) in [7, 11) is 0. The highest BCUT2D eigenvalue weighted by Gasteiger charge is 2.20. The van der Waals surface area contributed by atoms with Crippen LogP contribution in [0.2, 0.25) is 0 Å². The number of pyridine rings is 1. The molecule has 0 bridgehead atoms. The summed E-state index contributed by atoms with van der Waals surface area (Å²) in [6, 6.07) is 1.52. The van der Waals surface area contributed by atoms with Gasteiger partial charge < -0.3 is 20.8 Å². The lowest BCUT2D eigenvalue weighted by molar-refractivity contribution is -0.140. The minimum atomic E-state index is -1.27. The van der Waals surface area contributed by atoms with E-state index < -0.39 is 24.0 Å². The molecule has 0 saturated heterocycles. The summed E-state index contributed by atoms with van der Waals surface area (Å²) < 4.78 is 0. The van der Waals surface area contributed by atoms with Crippen LogP contribution in [0.3, 0.4) is 0 Å². The molecule has 0 aromatic carbocycles. The highest BCUT2D eigenvalue weighted by Crippen LogP contribution is 1.99. The monoisotopic (exact) mass is 281 g/mol. The van der Waals surface area contributed by atoms with Crippen molar-refractivity contribution in [3.05, 3.63) is 30.1 Å². The van der Waals surface area contributed by atoms with Gasteiger partial charge in [-0.2, -0.15) is 0 Å². The van der Waals surface area contributed by atoms with Crippen molar-refractivity contribution in [3.63, 3.8) is 0 Å². The summed E-state index contributed by atoms with van der Waals surface area (Å²) in [4.78, 5) is 36.6. The Morgan fingerprint density at radius 3 is 2.40 bits per heavy atom. The molecule has 0 aliphatic heterocycles. The number of aromatic nitrogens is 1. The van der Waals surface area contributed by atoms with E-state index >= 15 is 0 Å². The van der Waals surface area contributed by atoms with Gasteiger partial charge in [0.05, 0.1) is 0 Å². The van der Waals surface area contributed by atoms with Crippen LogP contribution >= 0.6 is 0 Å². The number of amides is 2. The average molecular weight is 281 g/mol. The fourth-order valence-corrected chi connectivity index (χ4v) is 1.42. The van der Waals surface area contributed by atoms with Crippen LogP contribution in [-0.2, 0) is 16.1 Å². The molecule has 8 heteroatoms. The predicted octanol–water partition coefficient (Wildman–Crippen LogP) is 0.199. The second kappa shape index (κ2) is 7.72. The molecule has 1 aromatic rings. The third-order valence-corrected chi connectivity index (χ3v) is 2.45. The second-order valence-corrected chi connectivity index (χ2v) is 4.01. The SMILES string of the molecule is O=C(O)CC[C@H](NC(=O)NCc1ccncc1)C(=O)O. The second-order valence-electron chi connectivity index (χ2n) is 4.01. The first-order valence-corrected chi connectivity index (χ1v) is 5.87. The zero-order valence-corrected chi connectivity index (χ0v) is 10.6. The van der Waals surface area contributed by atoms with Crippen molar-refractivity contribution in [2.75, 3.05) is 0 Å². The van der Waals surface area contributed by atoms with Gasteiger partial charge in [-0.1, -0.05) is 0 Å². The van der Waals surface area contributed by atoms with Gasteiger partial charge in [-0.3, -0.25) is 9.78 Å². The number of carboxylic acids is 2. The van der Waals surface area contributed by atoms with Crippen molar-refractivity contribution in [2.24, 2.45) is 0 Å².